The molecule has 4 aromatic carbocycles. The molecule has 4 rings (SSSR count). The van der Waals surface area contributed by atoms with Crippen molar-refractivity contribution in [1.29, 1.82) is 0 Å². The van der Waals surface area contributed by atoms with Gasteiger partial charge in [0.2, 0.25) is 5.78 Å². The van der Waals surface area contributed by atoms with E-state index in [-0.39, 0.29) is 5.78 Å². The maximum atomic E-state index is 13.0. The Morgan fingerprint density at radius 3 is 1.75 bits per heavy atom. The van der Waals surface area contributed by atoms with Gasteiger partial charge in [0, 0.05) is 29.5 Å². The Hall–Kier alpha value is -4.31. The Morgan fingerprint density at radius 1 is 0.656 bits per heavy atom. The number of para-hydroxylation sites is 1. The molecule has 0 aliphatic heterocycles. The van der Waals surface area contributed by atoms with Crippen LogP contribution < -0.4 is 4.90 Å². The summed E-state index contributed by atoms with van der Waals surface area (Å²) in [6.45, 7) is 0. The average molecular weight is 418 g/mol. The number of nitrogens with zero attached hydrogens (tertiary/aromatic N) is 3. The highest BCUT2D eigenvalue weighted by Gasteiger charge is 2.16. The zero-order chi connectivity index (χ0) is 22.2. The minimum absolute atomic E-state index is 0.159. The first-order valence-electron chi connectivity index (χ1n) is 10.4. The standard InChI is InChI=1S/C28H23N3O/c1-31(25-15-9-4-10-16-25)26-19-17-22(18-20-26)21-29-30-27(23-11-5-2-6-12-23)28(32)24-13-7-3-8-14-24/h2-21H,1H3/b29-21-,30-27-. The van der Waals surface area contributed by atoms with Gasteiger partial charge in [-0.2, -0.15) is 5.10 Å². The minimum Gasteiger partial charge on any atom is -0.345 e. The maximum absolute atomic E-state index is 13.0. The summed E-state index contributed by atoms with van der Waals surface area (Å²) >= 11 is 0. The van der Waals surface area contributed by atoms with Gasteiger partial charge in [0.25, 0.3) is 0 Å². The Bertz CT molecular complexity index is 1220. The zero-order valence-corrected chi connectivity index (χ0v) is 17.8. The van der Waals surface area contributed by atoms with Gasteiger partial charge in [0.15, 0.2) is 0 Å². The molecule has 0 saturated carbocycles. The molecule has 0 N–H and O–H groups in total. The fourth-order valence-corrected chi connectivity index (χ4v) is 3.29. The first kappa shape index (κ1) is 20.9. The first-order valence-corrected chi connectivity index (χ1v) is 10.4. The molecule has 4 nitrogen and oxygen atoms in total. The average Bonchev–Trinajstić information content (AvgIpc) is 2.88. The van der Waals surface area contributed by atoms with Gasteiger partial charge < -0.3 is 4.90 Å². The molecule has 0 amide bonds. The Morgan fingerprint density at radius 2 is 1.16 bits per heavy atom. The first-order chi connectivity index (χ1) is 15.7. The molecule has 0 aliphatic carbocycles. The summed E-state index contributed by atoms with van der Waals surface area (Å²) in [5, 5.41) is 8.52. The molecule has 0 bridgehead atoms. The van der Waals surface area contributed by atoms with Crippen LogP contribution in [0.4, 0.5) is 11.4 Å². The quantitative estimate of drug-likeness (QED) is 0.205. The molecular formula is C28H23N3O. The van der Waals surface area contributed by atoms with Crippen molar-refractivity contribution in [2.45, 2.75) is 0 Å². The molecule has 32 heavy (non-hydrogen) atoms. The third-order valence-electron chi connectivity index (χ3n) is 5.09. The second kappa shape index (κ2) is 10.1. The number of carbonyl (C=O) groups excluding carboxylic acids is 1. The summed E-state index contributed by atoms with van der Waals surface area (Å²) < 4.78 is 0. The van der Waals surface area contributed by atoms with Crippen LogP contribution in [-0.2, 0) is 0 Å². The molecule has 0 radical (unpaired) electrons. The Labute approximate surface area is 188 Å². The highest BCUT2D eigenvalue weighted by atomic mass is 16.1. The van der Waals surface area contributed by atoms with Crippen LogP contribution >= 0.6 is 0 Å². The summed E-state index contributed by atoms with van der Waals surface area (Å²) in [5.41, 5.74) is 4.72. The number of anilines is 2. The second-order valence-electron chi connectivity index (χ2n) is 7.24. The maximum Gasteiger partial charge on any atom is 0.213 e. The SMILES string of the molecule is CN(c1ccccc1)c1ccc(/C=N\N=C(/C(=O)c2ccccc2)c2ccccc2)cc1. The summed E-state index contributed by atoms with van der Waals surface area (Å²) in [6, 6.07) is 36.7. The zero-order valence-electron chi connectivity index (χ0n) is 17.8. The van der Waals surface area contributed by atoms with Crippen molar-refractivity contribution in [1.82, 2.24) is 0 Å². The van der Waals surface area contributed by atoms with Crippen molar-refractivity contribution in [2.75, 3.05) is 11.9 Å². The topological polar surface area (TPSA) is 45.0 Å². The number of carbonyl (C=O) groups is 1. The van der Waals surface area contributed by atoms with Crippen LogP contribution in [0.25, 0.3) is 0 Å². The van der Waals surface area contributed by atoms with E-state index in [4.69, 9.17) is 0 Å². The molecule has 0 aromatic heterocycles. The largest absolute Gasteiger partial charge is 0.345 e. The summed E-state index contributed by atoms with van der Waals surface area (Å²) in [6.07, 6.45) is 1.66. The molecule has 0 heterocycles. The van der Waals surface area contributed by atoms with Crippen LogP contribution in [0.5, 0.6) is 0 Å². The van der Waals surface area contributed by atoms with Crippen molar-refractivity contribution in [2.24, 2.45) is 10.2 Å². The number of hydrogen-bond acceptors (Lipinski definition) is 4. The number of rotatable bonds is 7. The van der Waals surface area contributed by atoms with E-state index in [2.05, 4.69) is 27.2 Å². The van der Waals surface area contributed by atoms with E-state index in [0.29, 0.717) is 11.3 Å². The number of Topliss-reactive ketones (excluding diaryl/α,β-unsaturated/α-hetero) is 1. The highest BCUT2D eigenvalue weighted by molar-refractivity contribution is 6.51. The Balaban J connectivity index is 1.56. The van der Waals surface area contributed by atoms with Crippen LogP contribution in [0.2, 0.25) is 0 Å². The van der Waals surface area contributed by atoms with E-state index in [1.165, 1.54) is 0 Å². The molecule has 4 aromatic rings. The third kappa shape index (κ3) is 5.05. The van der Waals surface area contributed by atoms with Crippen LogP contribution in [0.15, 0.2) is 125 Å². The number of hydrogen-bond donors (Lipinski definition) is 0. The van der Waals surface area contributed by atoms with Gasteiger partial charge in [0.05, 0.1) is 6.21 Å². The van der Waals surface area contributed by atoms with Gasteiger partial charge in [-0.1, -0.05) is 91.0 Å². The van der Waals surface area contributed by atoms with Gasteiger partial charge >= 0.3 is 0 Å². The van der Waals surface area contributed by atoms with E-state index >= 15 is 0 Å². The van der Waals surface area contributed by atoms with Crippen molar-refractivity contribution in [3.63, 3.8) is 0 Å². The predicted molar refractivity (Wildman–Crippen MR) is 132 cm³/mol. The predicted octanol–water partition coefficient (Wildman–Crippen LogP) is 6.16. The minimum atomic E-state index is -0.159. The van der Waals surface area contributed by atoms with E-state index < -0.39 is 0 Å². The van der Waals surface area contributed by atoms with Gasteiger partial charge in [-0.15, -0.1) is 5.10 Å². The van der Waals surface area contributed by atoms with Crippen molar-refractivity contribution >= 4 is 29.1 Å². The van der Waals surface area contributed by atoms with Crippen molar-refractivity contribution < 1.29 is 4.79 Å². The molecule has 4 heteroatoms. The highest BCUT2D eigenvalue weighted by Crippen LogP contribution is 2.23. The number of ketones is 1. The lowest BCUT2D eigenvalue weighted by Crippen LogP contribution is -2.15. The molecule has 0 spiro atoms. The van der Waals surface area contributed by atoms with Crippen LogP contribution in [0.3, 0.4) is 0 Å². The van der Waals surface area contributed by atoms with Gasteiger partial charge in [-0.05, 0) is 29.8 Å². The Kier molecular flexibility index (Phi) is 6.63. The van der Waals surface area contributed by atoms with Crippen molar-refractivity contribution in [3.05, 3.63) is 132 Å². The van der Waals surface area contributed by atoms with E-state index in [9.17, 15) is 4.79 Å². The molecule has 0 fully saturated rings. The second-order valence-corrected chi connectivity index (χ2v) is 7.24. The van der Waals surface area contributed by atoms with E-state index in [1.807, 2.05) is 98.0 Å². The third-order valence-corrected chi connectivity index (χ3v) is 5.09. The lowest BCUT2D eigenvalue weighted by molar-refractivity contribution is 0.106. The smallest absolute Gasteiger partial charge is 0.213 e. The fraction of sp³-hybridized carbons (Fsp3) is 0.0357. The summed E-state index contributed by atoms with van der Waals surface area (Å²) in [7, 11) is 2.03. The normalized spacial score (nSPS) is 11.5. The van der Waals surface area contributed by atoms with E-state index in [1.54, 1.807) is 18.3 Å². The summed E-state index contributed by atoms with van der Waals surface area (Å²) in [5.74, 6) is -0.159. The molecule has 156 valence electrons. The lowest BCUT2D eigenvalue weighted by Gasteiger charge is -2.19. The van der Waals surface area contributed by atoms with Gasteiger partial charge in [-0.3, -0.25) is 4.79 Å². The fourth-order valence-electron chi connectivity index (χ4n) is 3.29. The molecule has 0 aliphatic rings. The lowest BCUT2D eigenvalue weighted by atomic mass is 10.0. The van der Waals surface area contributed by atoms with Gasteiger partial charge in [-0.25, -0.2) is 0 Å². The monoisotopic (exact) mass is 417 g/mol. The van der Waals surface area contributed by atoms with Crippen LogP contribution in [-0.4, -0.2) is 24.8 Å². The van der Waals surface area contributed by atoms with Crippen molar-refractivity contribution in [3.8, 4) is 0 Å². The van der Waals surface area contributed by atoms with Crippen LogP contribution in [0.1, 0.15) is 21.5 Å². The molecule has 0 saturated heterocycles. The molecular weight excluding hydrogens is 394 g/mol. The van der Waals surface area contributed by atoms with Gasteiger partial charge in [0.1, 0.15) is 5.71 Å². The molecule has 0 atom stereocenters. The number of benzene rings is 4. The van der Waals surface area contributed by atoms with Crippen LogP contribution in [0, 0.1) is 0 Å². The molecule has 0 unspecified atom stereocenters. The van der Waals surface area contributed by atoms with E-state index in [0.717, 1.165) is 22.5 Å². The summed E-state index contributed by atoms with van der Waals surface area (Å²) in [4.78, 5) is 15.1.